The molecule has 3 aromatic carbocycles. The third-order valence-corrected chi connectivity index (χ3v) is 7.66. The maximum Gasteiger partial charge on any atom is 0.337 e. The van der Waals surface area contributed by atoms with Gasteiger partial charge in [0.2, 0.25) is 0 Å². The van der Waals surface area contributed by atoms with Crippen molar-refractivity contribution < 1.29 is 23.8 Å². The van der Waals surface area contributed by atoms with E-state index in [1.807, 2.05) is 98.9 Å². The van der Waals surface area contributed by atoms with E-state index in [0.29, 0.717) is 51.2 Å². The quantitative estimate of drug-likeness (QED) is 0.176. The molecule has 0 amide bonds. The van der Waals surface area contributed by atoms with Gasteiger partial charge in [0.1, 0.15) is 12.4 Å². The molecular weight excluding hydrogens is 602 g/mol. The van der Waals surface area contributed by atoms with Crippen LogP contribution in [0.1, 0.15) is 58.6 Å². The highest BCUT2D eigenvalue weighted by Crippen LogP contribution is 2.43. The van der Waals surface area contributed by atoms with E-state index in [0.717, 1.165) is 16.8 Å². The van der Waals surface area contributed by atoms with Gasteiger partial charge in [-0.2, -0.15) is 5.10 Å². The molecule has 1 aromatic heterocycles. The number of aromatic nitrogens is 2. The van der Waals surface area contributed by atoms with Crippen LogP contribution in [0.2, 0.25) is 5.02 Å². The van der Waals surface area contributed by atoms with Gasteiger partial charge in [-0.15, -0.1) is 0 Å². The summed E-state index contributed by atoms with van der Waals surface area (Å²) in [6, 6.07) is 24.8. The van der Waals surface area contributed by atoms with Gasteiger partial charge in [0.05, 0.1) is 40.7 Å². The largest absolute Gasteiger partial charge is 0.489 e. The van der Waals surface area contributed by atoms with Crippen molar-refractivity contribution in [2.24, 2.45) is 0 Å². The summed E-state index contributed by atoms with van der Waals surface area (Å²) >= 11 is 6.02. The average Bonchev–Trinajstić information content (AvgIpc) is 3.45. The Labute approximate surface area is 274 Å². The van der Waals surface area contributed by atoms with Gasteiger partial charge in [-0.05, 0) is 95.6 Å². The third-order valence-electron chi connectivity index (χ3n) is 7.41. The number of hydrogen-bond donors (Lipinski definition) is 1. The van der Waals surface area contributed by atoms with E-state index in [4.69, 9.17) is 30.9 Å². The van der Waals surface area contributed by atoms with Gasteiger partial charge >= 0.3 is 11.9 Å². The Morgan fingerprint density at radius 3 is 1.93 bits per heavy atom. The monoisotopic (exact) mass is 639 g/mol. The molecule has 5 rings (SSSR count). The first-order chi connectivity index (χ1) is 22.0. The molecule has 0 saturated carbocycles. The van der Waals surface area contributed by atoms with Crippen LogP contribution >= 0.6 is 11.6 Å². The molecular formula is C37H38ClN3O5. The zero-order chi connectivity index (χ0) is 33.0. The number of carbonyl (C=O) groups excluding carboxylic acids is 2. The fourth-order valence-electron chi connectivity index (χ4n) is 5.39. The fraction of sp³-hybridized carbons (Fsp3) is 0.270. The minimum absolute atomic E-state index is 0.326. The van der Waals surface area contributed by atoms with Crippen LogP contribution in [0.3, 0.4) is 0 Å². The molecule has 1 N–H and O–H groups in total. The van der Waals surface area contributed by atoms with Crippen molar-refractivity contribution >= 4 is 23.5 Å². The van der Waals surface area contributed by atoms with Gasteiger partial charge in [-0.3, -0.25) is 0 Å². The predicted molar refractivity (Wildman–Crippen MR) is 179 cm³/mol. The summed E-state index contributed by atoms with van der Waals surface area (Å²) in [4.78, 5) is 27.5. The van der Waals surface area contributed by atoms with Crippen LogP contribution in [0.5, 0.6) is 5.75 Å². The van der Waals surface area contributed by atoms with Crippen molar-refractivity contribution in [2.45, 2.75) is 66.3 Å². The standard InChI is InChI=1S/C37H38ClN3O5/c1-22(2)45-36(42)32-24(5)39-25(6)33(37(43)46-23(3)4)34(32)31-20-41(29-10-8-7-9-11-29)40-35(31)27-14-18-30(19-15-27)44-21-26-12-16-28(38)17-13-26/h7-20,22-23,34,39H,21H2,1-6H3. The van der Waals surface area contributed by atoms with E-state index < -0.39 is 17.9 Å². The number of halogens is 1. The second-order valence-corrected chi connectivity index (χ2v) is 12.1. The van der Waals surface area contributed by atoms with E-state index in [2.05, 4.69) is 5.32 Å². The molecule has 0 spiro atoms. The van der Waals surface area contributed by atoms with Crippen LogP contribution in [0.4, 0.5) is 0 Å². The number of ether oxygens (including phenoxy) is 3. The Kier molecular flexibility index (Phi) is 9.97. The van der Waals surface area contributed by atoms with E-state index in [9.17, 15) is 9.59 Å². The highest BCUT2D eigenvalue weighted by Gasteiger charge is 2.41. The lowest BCUT2D eigenvalue weighted by atomic mass is 9.79. The third kappa shape index (κ3) is 7.35. The molecule has 0 fully saturated rings. The number of nitrogens with zero attached hydrogens (tertiary/aromatic N) is 2. The van der Waals surface area contributed by atoms with Gasteiger partial charge in [-0.25, -0.2) is 14.3 Å². The first-order valence-electron chi connectivity index (χ1n) is 15.2. The normalized spacial score (nSPS) is 13.7. The highest BCUT2D eigenvalue weighted by atomic mass is 35.5. The smallest absolute Gasteiger partial charge is 0.337 e. The number of allylic oxidation sites excluding steroid dienone is 2. The van der Waals surface area contributed by atoms with E-state index in [-0.39, 0.29) is 12.2 Å². The van der Waals surface area contributed by atoms with Gasteiger partial charge in [0, 0.05) is 33.7 Å². The van der Waals surface area contributed by atoms with Crippen LogP contribution in [0.25, 0.3) is 16.9 Å². The minimum Gasteiger partial charge on any atom is -0.489 e. The molecule has 0 radical (unpaired) electrons. The maximum absolute atomic E-state index is 13.7. The molecule has 9 heteroatoms. The number of rotatable bonds is 10. The second-order valence-electron chi connectivity index (χ2n) is 11.7. The maximum atomic E-state index is 13.7. The summed E-state index contributed by atoms with van der Waals surface area (Å²) in [5.41, 5.74) is 5.71. The lowest BCUT2D eigenvalue weighted by molar-refractivity contribution is -0.143. The summed E-state index contributed by atoms with van der Waals surface area (Å²) in [5.74, 6) is -1.17. The number of benzene rings is 3. The Hall–Kier alpha value is -4.82. The predicted octanol–water partition coefficient (Wildman–Crippen LogP) is 7.91. The molecule has 0 atom stereocenters. The van der Waals surface area contributed by atoms with Crippen molar-refractivity contribution in [2.75, 3.05) is 0 Å². The number of dihydropyridines is 1. The van der Waals surface area contributed by atoms with Gasteiger partial charge in [-0.1, -0.05) is 41.9 Å². The molecule has 0 unspecified atom stereocenters. The molecule has 0 saturated heterocycles. The number of hydrogen-bond acceptors (Lipinski definition) is 7. The lowest BCUT2D eigenvalue weighted by Crippen LogP contribution is -2.33. The zero-order valence-electron chi connectivity index (χ0n) is 26.8. The molecule has 8 nitrogen and oxygen atoms in total. The number of carbonyl (C=O) groups is 2. The SMILES string of the molecule is CC1=C(C(=O)OC(C)C)C(c2cn(-c3ccccc3)nc2-c2ccc(OCc3ccc(Cl)cc3)cc2)C(C(=O)OC(C)C)=C(C)N1. The molecule has 238 valence electrons. The summed E-state index contributed by atoms with van der Waals surface area (Å²) < 4.78 is 19.2. The Morgan fingerprint density at radius 1 is 0.826 bits per heavy atom. The Morgan fingerprint density at radius 2 is 1.39 bits per heavy atom. The number of esters is 2. The van der Waals surface area contributed by atoms with Crippen LogP contribution in [0.15, 0.2) is 108 Å². The Balaban J connectivity index is 1.62. The molecule has 4 aromatic rings. The van der Waals surface area contributed by atoms with Gasteiger partial charge in [0.25, 0.3) is 0 Å². The van der Waals surface area contributed by atoms with Crippen LogP contribution < -0.4 is 10.1 Å². The molecule has 0 bridgehead atoms. The number of nitrogens with one attached hydrogen (secondary N) is 1. The Bertz CT molecular complexity index is 1730. The molecule has 2 heterocycles. The summed E-state index contributed by atoms with van der Waals surface area (Å²) in [6.45, 7) is 11.2. The summed E-state index contributed by atoms with van der Waals surface area (Å²) in [6.07, 6.45) is 1.15. The topological polar surface area (TPSA) is 91.7 Å². The molecule has 0 aliphatic carbocycles. The van der Waals surface area contributed by atoms with Crippen molar-refractivity contribution in [3.63, 3.8) is 0 Å². The van der Waals surface area contributed by atoms with Crippen molar-refractivity contribution in [3.05, 3.63) is 124 Å². The molecule has 1 aliphatic heterocycles. The van der Waals surface area contributed by atoms with E-state index in [1.54, 1.807) is 32.4 Å². The van der Waals surface area contributed by atoms with Crippen molar-refractivity contribution in [1.82, 2.24) is 15.1 Å². The molecule has 46 heavy (non-hydrogen) atoms. The van der Waals surface area contributed by atoms with Crippen LogP contribution in [-0.2, 0) is 25.7 Å². The average molecular weight is 640 g/mol. The molecule has 1 aliphatic rings. The first kappa shape index (κ1) is 32.6. The minimum atomic E-state index is -0.813. The zero-order valence-corrected chi connectivity index (χ0v) is 27.6. The summed E-state index contributed by atoms with van der Waals surface area (Å²) in [7, 11) is 0. The lowest BCUT2D eigenvalue weighted by Gasteiger charge is -2.31. The highest BCUT2D eigenvalue weighted by molar-refractivity contribution is 6.30. The van der Waals surface area contributed by atoms with E-state index >= 15 is 0 Å². The second kappa shape index (κ2) is 14.1. The summed E-state index contributed by atoms with van der Waals surface area (Å²) in [5, 5.41) is 8.91. The van der Waals surface area contributed by atoms with Gasteiger partial charge < -0.3 is 19.5 Å². The van der Waals surface area contributed by atoms with Crippen LogP contribution in [-0.4, -0.2) is 33.9 Å². The van der Waals surface area contributed by atoms with Crippen molar-refractivity contribution in [1.29, 1.82) is 0 Å². The van der Waals surface area contributed by atoms with E-state index in [1.165, 1.54) is 0 Å². The number of para-hydroxylation sites is 1. The van der Waals surface area contributed by atoms with Gasteiger partial charge in [0.15, 0.2) is 0 Å². The van der Waals surface area contributed by atoms with Crippen LogP contribution in [0, 0.1) is 0 Å². The fourth-order valence-corrected chi connectivity index (χ4v) is 5.52. The van der Waals surface area contributed by atoms with Crippen molar-refractivity contribution in [3.8, 4) is 22.7 Å². The first-order valence-corrected chi connectivity index (χ1v) is 15.6.